The van der Waals surface area contributed by atoms with E-state index >= 15 is 0 Å². The molecule has 0 radical (unpaired) electrons. The van der Waals surface area contributed by atoms with E-state index in [1.54, 1.807) is 0 Å². The number of hydrogen-bond donors (Lipinski definition) is 0. The van der Waals surface area contributed by atoms with Crippen LogP contribution in [0.4, 0.5) is 0 Å². The van der Waals surface area contributed by atoms with E-state index in [0.29, 0.717) is 0 Å². The summed E-state index contributed by atoms with van der Waals surface area (Å²) in [7, 11) is 0. The van der Waals surface area contributed by atoms with Gasteiger partial charge in [-0.15, -0.1) is 0 Å². The second-order valence-electron chi connectivity index (χ2n) is 3.00. The fraction of sp³-hybridized carbons (Fsp3) is 0.857. The summed E-state index contributed by atoms with van der Waals surface area (Å²) in [4.78, 5) is 11.6. The average Bonchev–Trinajstić information content (AvgIpc) is 2.79. The molecule has 1 unspecified atom stereocenters. The van der Waals surface area contributed by atoms with Crippen LogP contribution in [0.25, 0.3) is 0 Å². The molecule has 1 saturated heterocycles. The molecule has 4 heteroatoms. The molecule has 56 valence electrons. The summed E-state index contributed by atoms with van der Waals surface area (Å²) in [5, 5.41) is 10.6. The quantitative estimate of drug-likeness (QED) is 0.296. The van der Waals surface area contributed by atoms with Crippen molar-refractivity contribution in [2.45, 2.75) is 24.9 Å². The van der Waals surface area contributed by atoms with E-state index in [4.69, 9.17) is 4.11 Å². The van der Waals surface area contributed by atoms with Gasteiger partial charge in [0.1, 0.15) is 0 Å². The molecule has 0 aromatic carbocycles. The number of nitrogens with zero attached hydrogens (tertiary/aromatic N) is 1. The van der Waals surface area contributed by atoms with Crippen LogP contribution in [-0.2, 0) is 4.79 Å². The van der Waals surface area contributed by atoms with Crippen molar-refractivity contribution >= 4 is 5.97 Å². The number of likely N-dealkylation sites (N-methyl/N-ethyl adjacent to an activating group) is 1. The minimum absolute atomic E-state index is 0. The normalized spacial score (nSPS) is 46.2. The zero-order valence-corrected chi connectivity index (χ0v) is 6.41. The molecule has 0 spiro atoms. The number of hydrogen-bond acceptors (Lipinski definition) is 3. The van der Waals surface area contributed by atoms with Gasteiger partial charge >= 0.3 is 18.9 Å². The predicted molar refractivity (Wildman–Crippen MR) is 33.1 cm³/mol. The first-order valence-electron chi connectivity index (χ1n) is 4.92. The first kappa shape index (κ1) is 5.64. The summed E-state index contributed by atoms with van der Waals surface area (Å²) in [6.45, 7) is -2.28. The Morgan fingerprint density at radius 2 is 2.36 bits per heavy atom. The Kier molecular flexibility index (Phi) is 1.44. The second-order valence-corrected chi connectivity index (χ2v) is 3.00. The Hall–Kier alpha value is 0.0274. The summed E-state index contributed by atoms with van der Waals surface area (Å²) in [6, 6.07) is -1.17. The summed E-state index contributed by atoms with van der Waals surface area (Å²) in [6.07, 6.45) is 1.89. The predicted octanol–water partition coefficient (Wildman–Crippen LogP) is -4.17. The van der Waals surface area contributed by atoms with Crippen molar-refractivity contribution in [2.24, 2.45) is 5.92 Å². The van der Waals surface area contributed by atoms with Gasteiger partial charge in [0.2, 0.25) is 0 Å². The number of rotatable bonds is 2. The molecule has 3 atom stereocenters. The molecule has 3 nitrogen and oxygen atoms in total. The standard InChI is InChI=1S/C7H11NO2.Li/c1-8-5(4-2-3-4)6(8)7(9)10;/h4-6H,2-3H2,1H3,(H,9,10);/q;+1/p-1/t5-,6-,8?;/m1./s1/i1D3;. The van der Waals surface area contributed by atoms with E-state index < -0.39 is 19.0 Å². The van der Waals surface area contributed by atoms with Crippen LogP contribution >= 0.6 is 0 Å². The number of aliphatic carboxylic acids is 1. The number of carboxylic acids is 1. The summed E-state index contributed by atoms with van der Waals surface area (Å²) >= 11 is 0. The van der Waals surface area contributed by atoms with E-state index in [2.05, 4.69) is 0 Å². The second kappa shape index (κ2) is 2.82. The monoisotopic (exact) mass is 150 g/mol. The zero-order valence-electron chi connectivity index (χ0n) is 9.41. The largest absolute Gasteiger partial charge is 1.00 e. The van der Waals surface area contributed by atoms with Gasteiger partial charge in [-0.2, -0.15) is 0 Å². The van der Waals surface area contributed by atoms with Crippen LogP contribution in [0.3, 0.4) is 0 Å². The maximum Gasteiger partial charge on any atom is 1.00 e. The van der Waals surface area contributed by atoms with Crippen LogP contribution in [0.5, 0.6) is 0 Å². The molecule has 2 fully saturated rings. The first-order valence-corrected chi connectivity index (χ1v) is 3.42. The third-order valence-corrected chi connectivity index (χ3v) is 2.20. The van der Waals surface area contributed by atoms with Crippen molar-refractivity contribution in [3.63, 3.8) is 0 Å². The molecular formula is C7H10LiNO2. The third-order valence-electron chi connectivity index (χ3n) is 2.20. The van der Waals surface area contributed by atoms with E-state index in [1.165, 1.54) is 0 Å². The maximum atomic E-state index is 10.6. The van der Waals surface area contributed by atoms with Crippen LogP contribution in [0, 0.1) is 5.92 Å². The van der Waals surface area contributed by atoms with E-state index in [-0.39, 0.29) is 30.8 Å². The molecule has 2 rings (SSSR count). The fourth-order valence-electron chi connectivity index (χ4n) is 1.43. The minimum atomic E-state index is -2.28. The van der Waals surface area contributed by atoms with Gasteiger partial charge < -0.3 is 9.90 Å². The van der Waals surface area contributed by atoms with Crippen LogP contribution in [0.2, 0.25) is 0 Å². The average molecular weight is 150 g/mol. The van der Waals surface area contributed by atoms with Gasteiger partial charge in [0.25, 0.3) is 0 Å². The van der Waals surface area contributed by atoms with Crippen molar-refractivity contribution in [2.75, 3.05) is 6.98 Å². The molecule has 0 amide bonds. The minimum Gasteiger partial charge on any atom is -0.548 e. The molecule has 11 heavy (non-hydrogen) atoms. The molecule has 0 N–H and O–H groups in total. The van der Waals surface area contributed by atoms with Gasteiger partial charge in [-0.1, -0.05) is 0 Å². The Morgan fingerprint density at radius 1 is 1.73 bits per heavy atom. The van der Waals surface area contributed by atoms with Crippen molar-refractivity contribution in [1.29, 1.82) is 0 Å². The Labute approximate surface area is 82.1 Å². The van der Waals surface area contributed by atoms with Gasteiger partial charge in [0.15, 0.2) is 0 Å². The molecule has 0 aromatic rings. The van der Waals surface area contributed by atoms with Gasteiger partial charge in [-0.25, -0.2) is 0 Å². The van der Waals surface area contributed by atoms with Crippen LogP contribution in [0.1, 0.15) is 17.0 Å². The fourth-order valence-corrected chi connectivity index (χ4v) is 1.43. The number of carbonyl (C=O) groups excluding carboxylic acids is 1. The summed E-state index contributed by atoms with van der Waals surface area (Å²) in [5.74, 6) is -0.989. The van der Waals surface area contributed by atoms with Crippen molar-refractivity contribution in [1.82, 2.24) is 4.90 Å². The van der Waals surface area contributed by atoms with Gasteiger partial charge in [0, 0.05) is 10.2 Å². The summed E-state index contributed by atoms with van der Waals surface area (Å²) in [5.41, 5.74) is 0. The van der Waals surface area contributed by atoms with Crippen molar-refractivity contribution < 1.29 is 32.9 Å². The topological polar surface area (TPSA) is 43.1 Å². The van der Waals surface area contributed by atoms with Crippen LogP contribution in [0.15, 0.2) is 0 Å². The van der Waals surface area contributed by atoms with Gasteiger partial charge in [-0.3, -0.25) is 4.90 Å². The molecule has 1 aliphatic carbocycles. The molecule has 1 aliphatic heterocycles. The number of carbonyl (C=O) groups is 1. The molecular weight excluding hydrogens is 137 g/mol. The van der Waals surface area contributed by atoms with Crippen LogP contribution in [-0.4, -0.2) is 29.9 Å². The Balaban J connectivity index is 0.000000980. The summed E-state index contributed by atoms with van der Waals surface area (Å²) < 4.78 is 21.3. The van der Waals surface area contributed by atoms with Crippen LogP contribution < -0.4 is 24.0 Å². The van der Waals surface area contributed by atoms with Crippen molar-refractivity contribution in [3.8, 4) is 0 Å². The van der Waals surface area contributed by atoms with Gasteiger partial charge in [0.05, 0.1) is 12.0 Å². The van der Waals surface area contributed by atoms with E-state index in [0.717, 1.165) is 17.7 Å². The van der Waals surface area contributed by atoms with Crippen molar-refractivity contribution in [3.05, 3.63) is 0 Å². The van der Waals surface area contributed by atoms with E-state index in [9.17, 15) is 9.90 Å². The number of carboxylic acid groups (broad SMARTS) is 1. The molecule has 2 aliphatic rings. The smallest absolute Gasteiger partial charge is 0.548 e. The van der Waals surface area contributed by atoms with Gasteiger partial charge in [-0.05, 0) is 25.7 Å². The maximum absolute atomic E-state index is 10.6. The first-order chi connectivity index (χ1) is 5.93. The van der Waals surface area contributed by atoms with E-state index in [1.807, 2.05) is 0 Å². The Bertz CT molecular complexity index is 254. The third kappa shape index (κ3) is 1.46. The molecule has 1 saturated carbocycles. The Morgan fingerprint density at radius 3 is 2.64 bits per heavy atom. The SMILES string of the molecule is [2H]C([2H])([2H])N1[C@H](C2CC2)[C@@H]1C(=O)[O-].[Li+]. The molecule has 1 heterocycles. The molecule has 0 bridgehead atoms. The molecule has 0 aromatic heterocycles. The zero-order chi connectivity index (χ0) is 9.80.